The van der Waals surface area contributed by atoms with E-state index >= 15 is 0 Å². The number of carbonyl (C=O) groups is 2. The van der Waals surface area contributed by atoms with Crippen LogP contribution in [0.2, 0.25) is 0 Å². The summed E-state index contributed by atoms with van der Waals surface area (Å²) in [6.45, 7) is 0.672. The number of aromatic nitrogens is 2. The van der Waals surface area contributed by atoms with Crippen LogP contribution >= 0.6 is 11.8 Å². The number of para-hydroxylation sites is 2. The number of hydrogen-bond acceptors (Lipinski definition) is 6. The largest absolute Gasteiger partial charge is 0.465 e. The SMILES string of the molecule is COC(=O)c1ccc(/C=N\NC(=O)CSc2nc3ccccc3n2Cc2ccccc2)cc1. The quantitative estimate of drug-likeness (QED) is 0.186. The lowest BCUT2D eigenvalue weighted by Crippen LogP contribution is -2.20. The molecular weight excluding hydrogens is 436 g/mol. The maximum atomic E-state index is 12.3. The smallest absolute Gasteiger partial charge is 0.337 e. The summed E-state index contributed by atoms with van der Waals surface area (Å²) in [6.07, 6.45) is 1.52. The van der Waals surface area contributed by atoms with E-state index in [4.69, 9.17) is 4.98 Å². The van der Waals surface area contributed by atoms with Gasteiger partial charge in [0.15, 0.2) is 5.16 Å². The van der Waals surface area contributed by atoms with E-state index < -0.39 is 5.97 Å². The molecule has 0 aliphatic carbocycles. The molecular formula is C25H22N4O3S. The van der Waals surface area contributed by atoms with Gasteiger partial charge in [0.2, 0.25) is 0 Å². The van der Waals surface area contributed by atoms with E-state index in [1.54, 1.807) is 24.3 Å². The molecule has 4 rings (SSSR count). The lowest BCUT2D eigenvalue weighted by molar-refractivity contribution is -0.118. The first kappa shape index (κ1) is 22.3. The number of fused-ring (bicyclic) bond motifs is 1. The summed E-state index contributed by atoms with van der Waals surface area (Å²) in [7, 11) is 1.34. The van der Waals surface area contributed by atoms with E-state index in [9.17, 15) is 9.59 Å². The number of ether oxygens (including phenoxy) is 1. The molecule has 3 aromatic carbocycles. The molecule has 0 aliphatic rings. The van der Waals surface area contributed by atoms with E-state index in [-0.39, 0.29) is 11.7 Å². The van der Waals surface area contributed by atoms with Crippen LogP contribution in [0.3, 0.4) is 0 Å². The van der Waals surface area contributed by atoms with Crippen molar-refractivity contribution in [2.75, 3.05) is 12.9 Å². The second-order valence-corrected chi connectivity index (χ2v) is 8.09. The summed E-state index contributed by atoms with van der Waals surface area (Å²) in [5.74, 6) is -0.459. The standard InChI is InChI=1S/C25H22N4O3S/c1-32-24(31)20-13-11-18(12-14-20)15-26-28-23(30)17-33-25-27-21-9-5-6-10-22(21)29(25)16-19-7-3-2-4-8-19/h2-15H,16-17H2,1H3,(H,28,30)/b26-15-. The summed E-state index contributed by atoms with van der Waals surface area (Å²) < 4.78 is 6.79. The van der Waals surface area contributed by atoms with Gasteiger partial charge in [-0.05, 0) is 35.4 Å². The van der Waals surface area contributed by atoms with Gasteiger partial charge in [-0.25, -0.2) is 15.2 Å². The van der Waals surface area contributed by atoms with Gasteiger partial charge >= 0.3 is 5.97 Å². The molecule has 0 unspecified atom stereocenters. The predicted molar refractivity (Wildman–Crippen MR) is 130 cm³/mol. The van der Waals surface area contributed by atoms with E-state index in [1.807, 2.05) is 42.5 Å². The number of nitrogens with zero attached hydrogens (tertiary/aromatic N) is 3. The number of hydrazone groups is 1. The minimum atomic E-state index is -0.401. The molecule has 1 amide bonds. The van der Waals surface area contributed by atoms with Crippen molar-refractivity contribution in [1.29, 1.82) is 0 Å². The lowest BCUT2D eigenvalue weighted by Gasteiger charge is -2.09. The molecule has 0 atom stereocenters. The minimum Gasteiger partial charge on any atom is -0.465 e. The summed E-state index contributed by atoms with van der Waals surface area (Å²) in [6, 6.07) is 24.8. The van der Waals surface area contributed by atoms with Gasteiger partial charge in [0.05, 0.1) is 42.2 Å². The molecule has 0 bridgehead atoms. The molecule has 0 saturated carbocycles. The molecule has 0 saturated heterocycles. The Morgan fingerprint density at radius 3 is 2.52 bits per heavy atom. The topological polar surface area (TPSA) is 85.6 Å². The highest BCUT2D eigenvalue weighted by molar-refractivity contribution is 7.99. The number of nitrogens with one attached hydrogen (secondary N) is 1. The average Bonchev–Trinajstić information content (AvgIpc) is 3.20. The lowest BCUT2D eigenvalue weighted by atomic mass is 10.1. The molecule has 33 heavy (non-hydrogen) atoms. The molecule has 1 aromatic heterocycles. The third-order valence-corrected chi connectivity index (χ3v) is 5.85. The molecule has 0 aliphatic heterocycles. The highest BCUT2D eigenvalue weighted by Crippen LogP contribution is 2.25. The fourth-order valence-electron chi connectivity index (χ4n) is 3.25. The Morgan fingerprint density at radius 2 is 1.76 bits per heavy atom. The number of rotatable bonds is 8. The molecule has 0 fully saturated rings. The number of carbonyl (C=O) groups excluding carboxylic acids is 2. The van der Waals surface area contributed by atoms with Crippen molar-refractivity contribution in [2.45, 2.75) is 11.7 Å². The highest BCUT2D eigenvalue weighted by atomic mass is 32.2. The number of imidazole rings is 1. The molecule has 166 valence electrons. The first-order chi connectivity index (χ1) is 16.1. The van der Waals surface area contributed by atoms with Gasteiger partial charge in [-0.2, -0.15) is 5.10 Å². The monoisotopic (exact) mass is 458 g/mol. The third kappa shape index (κ3) is 5.67. The summed E-state index contributed by atoms with van der Waals surface area (Å²) in [5, 5.41) is 4.78. The Labute approximate surface area is 195 Å². The van der Waals surface area contributed by atoms with Gasteiger partial charge in [-0.1, -0.05) is 66.4 Å². The van der Waals surface area contributed by atoms with Crippen molar-refractivity contribution in [3.05, 3.63) is 95.6 Å². The van der Waals surface area contributed by atoms with Crippen molar-refractivity contribution in [2.24, 2.45) is 5.10 Å². The van der Waals surface area contributed by atoms with E-state index in [2.05, 4.69) is 32.0 Å². The van der Waals surface area contributed by atoms with Crippen molar-refractivity contribution in [1.82, 2.24) is 15.0 Å². The van der Waals surface area contributed by atoms with E-state index in [0.29, 0.717) is 12.1 Å². The number of hydrogen-bond donors (Lipinski definition) is 1. The molecule has 0 spiro atoms. The van der Waals surface area contributed by atoms with Crippen LogP contribution in [0.15, 0.2) is 89.1 Å². The fourth-order valence-corrected chi connectivity index (χ4v) is 4.05. The number of thioether (sulfide) groups is 1. The van der Waals surface area contributed by atoms with E-state index in [0.717, 1.165) is 27.3 Å². The van der Waals surface area contributed by atoms with Gasteiger partial charge < -0.3 is 9.30 Å². The van der Waals surface area contributed by atoms with Crippen LogP contribution in [0.1, 0.15) is 21.5 Å². The predicted octanol–water partition coefficient (Wildman–Crippen LogP) is 4.11. The third-order valence-electron chi connectivity index (χ3n) is 4.87. The maximum absolute atomic E-state index is 12.3. The Bertz CT molecular complexity index is 1280. The van der Waals surface area contributed by atoms with Crippen LogP contribution in [-0.4, -0.2) is 40.5 Å². The Kier molecular flexibility index (Phi) is 7.16. The van der Waals surface area contributed by atoms with Crippen molar-refractivity contribution < 1.29 is 14.3 Å². The summed E-state index contributed by atoms with van der Waals surface area (Å²) in [4.78, 5) is 28.5. The zero-order chi connectivity index (χ0) is 23.0. The second-order valence-electron chi connectivity index (χ2n) is 7.15. The van der Waals surface area contributed by atoms with Crippen molar-refractivity contribution in [3.63, 3.8) is 0 Å². The Balaban J connectivity index is 1.39. The van der Waals surface area contributed by atoms with Gasteiger partial charge in [0, 0.05) is 0 Å². The maximum Gasteiger partial charge on any atom is 0.337 e. The van der Waals surface area contributed by atoms with Crippen LogP contribution in [0.5, 0.6) is 0 Å². The molecule has 1 heterocycles. The molecule has 8 heteroatoms. The fraction of sp³-hybridized carbons (Fsp3) is 0.120. The first-order valence-electron chi connectivity index (χ1n) is 10.3. The molecule has 0 radical (unpaired) electrons. The number of esters is 1. The van der Waals surface area contributed by atoms with E-state index in [1.165, 1.54) is 25.1 Å². The van der Waals surface area contributed by atoms with Gasteiger partial charge in [-0.3, -0.25) is 4.79 Å². The first-order valence-corrected chi connectivity index (χ1v) is 11.2. The van der Waals surface area contributed by atoms with Crippen LogP contribution in [0.25, 0.3) is 11.0 Å². The van der Waals surface area contributed by atoms with Gasteiger partial charge in [-0.15, -0.1) is 0 Å². The van der Waals surface area contributed by atoms with Gasteiger partial charge in [0.1, 0.15) is 0 Å². The van der Waals surface area contributed by atoms with Crippen LogP contribution in [-0.2, 0) is 16.1 Å². The summed E-state index contributed by atoms with van der Waals surface area (Å²) in [5.41, 5.74) is 6.82. The van der Waals surface area contributed by atoms with Crippen molar-refractivity contribution in [3.8, 4) is 0 Å². The highest BCUT2D eigenvalue weighted by Gasteiger charge is 2.13. The number of amides is 1. The number of benzene rings is 3. The minimum absolute atomic E-state index is 0.177. The van der Waals surface area contributed by atoms with Crippen LogP contribution in [0, 0.1) is 0 Å². The molecule has 7 nitrogen and oxygen atoms in total. The number of methoxy groups -OCH3 is 1. The van der Waals surface area contributed by atoms with Crippen LogP contribution in [0.4, 0.5) is 0 Å². The summed E-state index contributed by atoms with van der Waals surface area (Å²) >= 11 is 1.37. The normalized spacial score (nSPS) is 11.1. The van der Waals surface area contributed by atoms with Crippen LogP contribution < -0.4 is 5.43 Å². The second kappa shape index (κ2) is 10.6. The average molecular weight is 459 g/mol. The zero-order valence-corrected chi connectivity index (χ0v) is 18.8. The van der Waals surface area contributed by atoms with Crippen molar-refractivity contribution >= 4 is 40.9 Å². The Hall–Kier alpha value is -3.91. The molecule has 1 N–H and O–H groups in total. The van der Waals surface area contributed by atoms with Gasteiger partial charge in [0.25, 0.3) is 5.91 Å². The molecule has 4 aromatic rings. The Morgan fingerprint density at radius 1 is 1.03 bits per heavy atom. The zero-order valence-electron chi connectivity index (χ0n) is 18.0.